The van der Waals surface area contributed by atoms with E-state index in [0.29, 0.717) is 37.9 Å². The van der Waals surface area contributed by atoms with Crippen LogP contribution < -0.4 is 10.2 Å². The molecule has 3 N–H and O–H groups in total. The van der Waals surface area contributed by atoms with E-state index in [4.69, 9.17) is 0 Å². The Bertz CT molecular complexity index is 1100. The van der Waals surface area contributed by atoms with E-state index in [1.54, 1.807) is 24.1 Å². The minimum absolute atomic E-state index is 0.00538. The number of fused-ring (bicyclic) bond motifs is 1. The van der Waals surface area contributed by atoms with Crippen LogP contribution in [-0.4, -0.2) is 96.5 Å². The molecular weight excluding hydrogens is 516 g/mol. The van der Waals surface area contributed by atoms with Crippen molar-refractivity contribution < 1.29 is 34.2 Å². The second-order valence-electron chi connectivity index (χ2n) is 11.4. The molecule has 3 amide bonds. The van der Waals surface area contributed by atoms with Crippen molar-refractivity contribution in [1.82, 2.24) is 15.1 Å². The topological polar surface area (TPSA) is 148 Å². The fraction of sp³-hybridized carbons (Fsp3) is 0.621. The Kier molecular flexibility index (Phi) is 10.7. The molecule has 1 saturated carbocycles. The highest BCUT2D eigenvalue weighted by atomic mass is 16.4. The summed E-state index contributed by atoms with van der Waals surface area (Å²) < 4.78 is 0. The zero-order valence-electron chi connectivity index (χ0n) is 23.7. The zero-order valence-corrected chi connectivity index (χ0v) is 23.7. The Morgan fingerprint density at radius 3 is 2.38 bits per heavy atom. The van der Waals surface area contributed by atoms with E-state index >= 15 is 0 Å². The van der Waals surface area contributed by atoms with Gasteiger partial charge in [0.15, 0.2) is 0 Å². The lowest BCUT2D eigenvalue weighted by atomic mass is 9.75. The monoisotopic (exact) mass is 558 g/mol. The lowest BCUT2D eigenvalue weighted by Gasteiger charge is -2.33. The first-order valence-electron chi connectivity index (χ1n) is 14.0. The molecule has 0 radical (unpaired) electrons. The molecule has 1 aromatic rings. The van der Waals surface area contributed by atoms with E-state index in [1.165, 1.54) is 4.90 Å². The molecule has 1 aromatic carbocycles. The summed E-state index contributed by atoms with van der Waals surface area (Å²) in [5, 5.41) is 22.3. The molecule has 3 rings (SSSR count). The standard InChI is InChI=1S/C29H42N4O7/c1-31(2)15-8-16-32(3)24(34)17-21(27(38)39)18-29(13-6-7-14-29)28(40)30-22-12-11-20-9-4-5-10-23(20)33(26(22)37)19-25(35)36/h4-5,9-10,21-22H,6-8,11-19H2,1-3H3,(H,30,40)(H,35,36)(H,38,39)/t21-,22+/m1/s1. The van der Waals surface area contributed by atoms with Crippen LogP contribution in [0.4, 0.5) is 5.69 Å². The summed E-state index contributed by atoms with van der Waals surface area (Å²) in [6.45, 7) is 0.782. The van der Waals surface area contributed by atoms with Gasteiger partial charge in [0.25, 0.3) is 0 Å². The quantitative estimate of drug-likeness (QED) is 0.333. The van der Waals surface area contributed by atoms with Crippen LogP contribution in [0.25, 0.3) is 0 Å². The predicted octanol–water partition coefficient (Wildman–Crippen LogP) is 1.99. The van der Waals surface area contributed by atoms with Gasteiger partial charge in [0, 0.05) is 25.7 Å². The highest BCUT2D eigenvalue weighted by Crippen LogP contribution is 2.44. The maximum Gasteiger partial charge on any atom is 0.323 e. The second kappa shape index (κ2) is 13.7. The maximum absolute atomic E-state index is 13.8. The number of rotatable bonds is 13. The van der Waals surface area contributed by atoms with Crippen LogP contribution in [0, 0.1) is 11.3 Å². The fourth-order valence-corrected chi connectivity index (χ4v) is 5.87. The summed E-state index contributed by atoms with van der Waals surface area (Å²) in [7, 11) is 5.55. The number of amides is 3. The van der Waals surface area contributed by atoms with Crippen molar-refractivity contribution in [2.45, 2.75) is 63.8 Å². The zero-order chi connectivity index (χ0) is 29.4. The van der Waals surface area contributed by atoms with E-state index in [1.807, 2.05) is 31.1 Å². The minimum atomic E-state index is -1.16. The number of carbonyl (C=O) groups excluding carboxylic acids is 3. The summed E-state index contributed by atoms with van der Waals surface area (Å²) in [5.74, 6) is -4.50. The van der Waals surface area contributed by atoms with Gasteiger partial charge in [-0.1, -0.05) is 31.0 Å². The first-order chi connectivity index (χ1) is 18.9. The van der Waals surface area contributed by atoms with Crippen molar-refractivity contribution in [1.29, 1.82) is 0 Å². The first-order valence-corrected chi connectivity index (χ1v) is 14.0. The smallest absolute Gasteiger partial charge is 0.323 e. The van der Waals surface area contributed by atoms with Crippen molar-refractivity contribution in [3.63, 3.8) is 0 Å². The molecule has 1 aliphatic carbocycles. The maximum atomic E-state index is 13.8. The molecule has 0 spiro atoms. The van der Waals surface area contributed by atoms with Gasteiger partial charge in [-0.15, -0.1) is 0 Å². The number of hydrogen-bond donors (Lipinski definition) is 3. The van der Waals surface area contributed by atoms with Crippen LogP contribution in [0.5, 0.6) is 0 Å². The SMILES string of the molecule is CN(C)CCCN(C)C(=O)C[C@H](CC1(C(=O)N[C@H]2CCc3ccccc3N(CC(=O)O)C2=O)CCCC1)C(=O)O. The average molecular weight is 559 g/mol. The van der Waals surface area contributed by atoms with Crippen molar-refractivity contribution in [3.8, 4) is 0 Å². The van der Waals surface area contributed by atoms with Gasteiger partial charge in [-0.2, -0.15) is 0 Å². The molecule has 1 fully saturated rings. The Balaban J connectivity index is 1.74. The normalized spacial score (nSPS) is 19.1. The van der Waals surface area contributed by atoms with E-state index in [0.717, 1.165) is 31.4 Å². The van der Waals surface area contributed by atoms with Gasteiger partial charge in [0.1, 0.15) is 12.6 Å². The Morgan fingerprint density at radius 2 is 1.75 bits per heavy atom. The van der Waals surface area contributed by atoms with Crippen LogP contribution in [0.15, 0.2) is 24.3 Å². The second-order valence-corrected chi connectivity index (χ2v) is 11.4. The summed E-state index contributed by atoms with van der Waals surface area (Å²) >= 11 is 0. The van der Waals surface area contributed by atoms with Crippen molar-refractivity contribution in [2.24, 2.45) is 11.3 Å². The number of anilines is 1. The summed E-state index contributed by atoms with van der Waals surface area (Å²) in [6.07, 6.45) is 3.76. The fourth-order valence-electron chi connectivity index (χ4n) is 5.87. The lowest BCUT2D eigenvalue weighted by molar-refractivity contribution is -0.148. The van der Waals surface area contributed by atoms with Gasteiger partial charge in [-0.3, -0.25) is 28.9 Å². The molecule has 40 heavy (non-hydrogen) atoms. The number of carbonyl (C=O) groups is 5. The van der Waals surface area contributed by atoms with Crippen LogP contribution in [0.3, 0.4) is 0 Å². The average Bonchev–Trinajstić information content (AvgIpc) is 3.34. The molecule has 1 aliphatic heterocycles. The Labute approximate surface area is 235 Å². The van der Waals surface area contributed by atoms with Crippen molar-refractivity contribution in [2.75, 3.05) is 45.7 Å². The van der Waals surface area contributed by atoms with Gasteiger partial charge in [-0.25, -0.2) is 0 Å². The third kappa shape index (κ3) is 7.80. The van der Waals surface area contributed by atoms with Crippen molar-refractivity contribution in [3.05, 3.63) is 29.8 Å². The van der Waals surface area contributed by atoms with Gasteiger partial charge >= 0.3 is 11.9 Å². The third-order valence-corrected chi connectivity index (χ3v) is 8.12. The molecule has 0 aromatic heterocycles. The van der Waals surface area contributed by atoms with Crippen LogP contribution in [0.1, 0.15) is 56.9 Å². The summed E-state index contributed by atoms with van der Waals surface area (Å²) in [4.78, 5) is 68.7. The number of aryl methyl sites for hydroxylation is 1. The number of para-hydroxylation sites is 1. The summed E-state index contributed by atoms with van der Waals surface area (Å²) in [5.41, 5.74) is 0.328. The Morgan fingerprint density at radius 1 is 1.07 bits per heavy atom. The molecule has 2 atom stereocenters. The molecule has 11 heteroatoms. The highest BCUT2D eigenvalue weighted by Gasteiger charge is 2.46. The third-order valence-electron chi connectivity index (χ3n) is 8.12. The molecule has 220 valence electrons. The van der Waals surface area contributed by atoms with Crippen LogP contribution >= 0.6 is 0 Å². The van der Waals surface area contributed by atoms with E-state index in [-0.39, 0.29) is 18.7 Å². The van der Waals surface area contributed by atoms with Gasteiger partial charge in [0.05, 0.1) is 11.3 Å². The first kappa shape index (κ1) is 31.1. The van der Waals surface area contributed by atoms with Crippen LogP contribution in [-0.2, 0) is 30.4 Å². The van der Waals surface area contributed by atoms with E-state index in [2.05, 4.69) is 5.32 Å². The highest BCUT2D eigenvalue weighted by molar-refractivity contribution is 6.03. The van der Waals surface area contributed by atoms with Gasteiger partial charge in [-0.05, 0) is 70.8 Å². The number of carboxylic acid groups (broad SMARTS) is 2. The number of aliphatic carboxylic acids is 2. The molecule has 0 saturated heterocycles. The largest absolute Gasteiger partial charge is 0.481 e. The van der Waals surface area contributed by atoms with Gasteiger partial charge < -0.3 is 25.3 Å². The molecule has 11 nitrogen and oxygen atoms in total. The number of hydrogen-bond acceptors (Lipinski definition) is 6. The van der Waals surface area contributed by atoms with Crippen LogP contribution in [0.2, 0.25) is 0 Å². The molecule has 0 unspecified atom stereocenters. The van der Waals surface area contributed by atoms with Crippen molar-refractivity contribution >= 4 is 35.3 Å². The Hall–Kier alpha value is -3.47. The molecule has 2 aliphatic rings. The molecule has 1 heterocycles. The number of nitrogens with zero attached hydrogens (tertiary/aromatic N) is 3. The summed E-state index contributed by atoms with van der Waals surface area (Å²) in [6, 6.07) is 6.16. The van der Waals surface area contributed by atoms with E-state index < -0.39 is 47.7 Å². The lowest BCUT2D eigenvalue weighted by Crippen LogP contribution is -2.53. The molecule has 0 bridgehead atoms. The minimum Gasteiger partial charge on any atom is -0.481 e. The number of nitrogens with one attached hydrogen (secondary N) is 1. The van der Waals surface area contributed by atoms with E-state index in [9.17, 15) is 34.2 Å². The van der Waals surface area contributed by atoms with Gasteiger partial charge in [0.2, 0.25) is 17.7 Å². The number of benzene rings is 1. The molecular formula is C29H42N4O7. The predicted molar refractivity (Wildman–Crippen MR) is 149 cm³/mol. The number of carboxylic acids is 2.